The summed E-state index contributed by atoms with van der Waals surface area (Å²) in [7, 11) is 3.68. The number of anilines is 1. The van der Waals surface area contributed by atoms with Gasteiger partial charge in [-0.1, -0.05) is 0 Å². The first-order chi connectivity index (χ1) is 12.2. The fourth-order valence-corrected chi connectivity index (χ4v) is 3.74. The van der Waals surface area contributed by atoms with Crippen molar-refractivity contribution in [1.29, 1.82) is 0 Å². The molecule has 3 aromatic heterocycles. The van der Waals surface area contributed by atoms with E-state index in [4.69, 9.17) is 9.72 Å². The van der Waals surface area contributed by atoms with Gasteiger partial charge in [0.2, 0.25) is 0 Å². The van der Waals surface area contributed by atoms with Gasteiger partial charge in [0.05, 0.1) is 29.4 Å². The van der Waals surface area contributed by atoms with E-state index in [1.165, 1.54) is 12.8 Å². The van der Waals surface area contributed by atoms with Gasteiger partial charge in [0.25, 0.3) is 0 Å². The number of H-pyrrole nitrogens is 1. The Morgan fingerprint density at radius 3 is 3.00 bits per heavy atom. The highest BCUT2D eigenvalue weighted by Crippen LogP contribution is 2.41. The van der Waals surface area contributed by atoms with Crippen molar-refractivity contribution in [1.82, 2.24) is 29.9 Å². The molecule has 0 amide bonds. The van der Waals surface area contributed by atoms with Crippen molar-refractivity contribution in [2.24, 2.45) is 7.05 Å². The van der Waals surface area contributed by atoms with Crippen LogP contribution in [0.5, 0.6) is 0 Å². The largest absolute Gasteiger partial charge is 0.380 e. The van der Waals surface area contributed by atoms with Gasteiger partial charge in [-0.3, -0.25) is 9.78 Å². The monoisotopic (exact) mass is 339 g/mol. The number of methoxy groups -OCH3 is 1. The molecule has 1 saturated heterocycles. The number of fused-ring (bicyclic) bond motifs is 1. The number of hydrogen-bond acceptors (Lipinski definition) is 6. The SMILES string of the molecule is CO[C@@H]1C[C@@H](c2nc(C3CC3)n[nH]2)N(c2ccnc3c2cnn3C)C1. The molecule has 130 valence electrons. The smallest absolute Gasteiger partial charge is 0.159 e. The van der Waals surface area contributed by atoms with Crippen LogP contribution in [-0.4, -0.2) is 49.7 Å². The number of aryl methyl sites for hydroxylation is 1. The van der Waals surface area contributed by atoms with Crippen molar-refractivity contribution in [3.63, 3.8) is 0 Å². The summed E-state index contributed by atoms with van der Waals surface area (Å²) in [6, 6.07) is 2.17. The van der Waals surface area contributed by atoms with E-state index in [9.17, 15) is 0 Å². The van der Waals surface area contributed by atoms with Gasteiger partial charge in [0.15, 0.2) is 11.5 Å². The minimum Gasteiger partial charge on any atom is -0.380 e. The number of aromatic nitrogens is 6. The van der Waals surface area contributed by atoms with Crippen LogP contribution < -0.4 is 4.90 Å². The summed E-state index contributed by atoms with van der Waals surface area (Å²) in [5.74, 6) is 2.43. The van der Waals surface area contributed by atoms with E-state index in [1.807, 2.05) is 25.5 Å². The Morgan fingerprint density at radius 1 is 1.32 bits per heavy atom. The Bertz CT molecular complexity index is 913. The van der Waals surface area contributed by atoms with Crippen LogP contribution in [0.15, 0.2) is 18.5 Å². The van der Waals surface area contributed by atoms with Gasteiger partial charge in [-0.2, -0.15) is 10.2 Å². The lowest BCUT2D eigenvalue weighted by atomic mass is 10.1. The minimum absolute atomic E-state index is 0.121. The van der Waals surface area contributed by atoms with Gasteiger partial charge in [-0.15, -0.1) is 0 Å². The first kappa shape index (κ1) is 14.8. The Labute approximate surface area is 145 Å². The third-order valence-electron chi connectivity index (χ3n) is 5.30. The number of ether oxygens (including phenoxy) is 1. The van der Waals surface area contributed by atoms with Crippen LogP contribution >= 0.6 is 0 Å². The van der Waals surface area contributed by atoms with Gasteiger partial charge in [-0.25, -0.2) is 9.97 Å². The van der Waals surface area contributed by atoms with E-state index >= 15 is 0 Å². The second-order valence-electron chi connectivity index (χ2n) is 6.95. The number of pyridine rings is 1. The average molecular weight is 339 g/mol. The molecule has 1 aliphatic heterocycles. The maximum atomic E-state index is 5.66. The maximum Gasteiger partial charge on any atom is 0.159 e. The van der Waals surface area contributed by atoms with E-state index in [1.54, 1.807) is 11.8 Å². The summed E-state index contributed by atoms with van der Waals surface area (Å²) < 4.78 is 7.46. The first-order valence-electron chi connectivity index (χ1n) is 8.73. The molecule has 5 rings (SSSR count). The zero-order valence-electron chi connectivity index (χ0n) is 14.4. The van der Waals surface area contributed by atoms with Crippen LogP contribution in [0.1, 0.15) is 42.9 Å². The van der Waals surface area contributed by atoms with E-state index in [0.29, 0.717) is 5.92 Å². The average Bonchev–Trinajstić information content (AvgIpc) is 3.07. The van der Waals surface area contributed by atoms with Gasteiger partial charge in [0, 0.05) is 39.2 Å². The number of aromatic amines is 1. The van der Waals surface area contributed by atoms with Crippen molar-refractivity contribution in [3.05, 3.63) is 30.1 Å². The predicted octanol–water partition coefficient (Wildman–Crippen LogP) is 1.93. The Balaban J connectivity index is 1.56. The van der Waals surface area contributed by atoms with Crippen molar-refractivity contribution in [2.45, 2.75) is 37.3 Å². The van der Waals surface area contributed by atoms with Crippen LogP contribution in [0.3, 0.4) is 0 Å². The van der Waals surface area contributed by atoms with Crippen LogP contribution in [0.2, 0.25) is 0 Å². The van der Waals surface area contributed by atoms with Crippen molar-refractivity contribution < 1.29 is 4.74 Å². The van der Waals surface area contributed by atoms with Crippen LogP contribution in [0, 0.1) is 0 Å². The number of nitrogens with zero attached hydrogens (tertiary/aromatic N) is 6. The maximum absolute atomic E-state index is 5.66. The molecule has 0 bridgehead atoms. The lowest BCUT2D eigenvalue weighted by molar-refractivity contribution is 0.118. The van der Waals surface area contributed by atoms with E-state index < -0.39 is 0 Å². The summed E-state index contributed by atoms with van der Waals surface area (Å²) in [6.07, 6.45) is 7.18. The van der Waals surface area contributed by atoms with Gasteiger partial charge in [-0.05, 0) is 18.9 Å². The molecule has 0 radical (unpaired) electrons. The van der Waals surface area contributed by atoms with Gasteiger partial charge in [0.1, 0.15) is 5.82 Å². The summed E-state index contributed by atoms with van der Waals surface area (Å²) >= 11 is 0. The molecule has 0 unspecified atom stereocenters. The highest BCUT2D eigenvalue weighted by Gasteiger charge is 2.37. The Hall–Kier alpha value is -2.48. The van der Waals surface area contributed by atoms with E-state index in [-0.39, 0.29) is 12.1 Å². The van der Waals surface area contributed by atoms with Crippen molar-refractivity contribution in [3.8, 4) is 0 Å². The Morgan fingerprint density at radius 2 is 2.20 bits per heavy atom. The fourth-order valence-electron chi connectivity index (χ4n) is 3.74. The number of nitrogens with one attached hydrogen (secondary N) is 1. The molecule has 8 nitrogen and oxygen atoms in total. The topological polar surface area (TPSA) is 84.8 Å². The molecule has 2 atom stereocenters. The van der Waals surface area contributed by atoms with E-state index in [0.717, 1.165) is 41.3 Å². The van der Waals surface area contributed by atoms with Crippen molar-refractivity contribution in [2.75, 3.05) is 18.6 Å². The van der Waals surface area contributed by atoms with Crippen molar-refractivity contribution >= 4 is 16.7 Å². The standard InChI is InChI=1S/C17H21N7O/c1-23-17-12(8-19-23)13(5-6-18-17)24-9-11(25-2)7-14(24)16-20-15(21-22-16)10-3-4-10/h5-6,8,10-11,14H,3-4,7,9H2,1-2H3,(H,20,21,22)/t11-,14+/m1/s1. The molecule has 8 heteroatoms. The van der Waals surface area contributed by atoms with Crippen LogP contribution in [-0.2, 0) is 11.8 Å². The van der Waals surface area contributed by atoms with Gasteiger partial charge >= 0.3 is 0 Å². The molecule has 3 aromatic rings. The third-order valence-corrected chi connectivity index (χ3v) is 5.30. The minimum atomic E-state index is 0.121. The second-order valence-corrected chi connectivity index (χ2v) is 6.95. The number of hydrogen-bond donors (Lipinski definition) is 1. The lowest BCUT2D eigenvalue weighted by Gasteiger charge is -2.25. The highest BCUT2D eigenvalue weighted by atomic mass is 16.5. The molecule has 0 aromatic carbocycles. The van der Waals surface area contributed by atoms with Crippen LogP contribution in [0.4, 0.5) is 5.69 Å². The molecule has 25 heavy (non-hydrogen) atoms. The second kappa shape index (κ2) is 5.52. The molecular weight excluding hydrogens is 318 g/mol. The van der Waals surface area contributed by atoms with Crippen LogP contribution in [0.25, 0.3) is 11.0 Å². The van der Waals surface area contributed by atoms with E-state index in [2.05, 4.69) is 25.2 Å². The molecule has 4 heterocycles. The summed E-state index contributed by atoms with van der Waals surface area (Å²) in [5, 5.41) is 13.0. The normalized spacial score (nSPS) is 23.7. The first-order valence-corrected chi connectivity index (χ1v) is 8.73. The third kappa shape index (κ3) is 2.39. The summed E-state index contributed by atoms with van der Waals surface area (Å²) in [6.45, 7) is 0.814. The number of rotatable bonds is 4. The molecule has 2 aliphatic rings. The summed E-state index contributed by atoms with van der Waals surface area (Å²) in [4.78, 5) is 11.6. The highest BCUT2D eigenvalue weighted by molar-refractivity contribution is 5.89. The molecule has 0 spiro atoms. The zero-order chi connectivity index (χ0) is 17.0. The quantitative estimate of drug-likeness (QED) is 0.782. The fraction of sp³-hybridized carbons (Fsp3) is 0.529. The molecule has 2 fully saturated rings. The summed E-state index contributed by atoms with van der Waals surface area (Å²) in [5.41, 5.74) is 2.00. The molecule has 1 saturated carbocycles. The lowest BCUT2D eigenvalue weighted by Crippen LogP contribution is -2.25. The van der Waals surface area contributed by atoms with Gasteiger partial charge < -0.3 is 9.64 Å². The molecular formula is C17H21N7O. The zero-order valence-corrected chi connectivity index (χ0v) is 14.4. The predicted molar refractivity (Wildman–Crippen MR) is 92.4 cm³/mol. The Kier molecular flexibility index (Phi) is 3.27. The molecule has 1 N–H and O–H groups in total. The molecule has 1 aliphatic carbocycles.